The minimum atomic E-state index is 0. The van der Waals surface area contributed by atoms with Gasteiger partial charge in [0, 0.05) is 12.6 Å². The Bertz CT molecular complexity index is 246. The average Bonchev–Trinajstić information content (AvgIpc) is 2.07. The van der Waals surface area contributed by atoms with Crippen LogP contribution in [0.15, 0.2) is 35.4 Å². The molecule has 3 nitrogen and oxygen atoms in total. The Hall–Kier alpha value is -0.780. The highest BCUT2D eigenvalue weighted by Crippen LogP contribution is 1.96. The summed E-state index contributed by atoms with van der Waals surface area (Å²) in [5.74, 6) is 0.508. The third kappa shape index (κ3) is 3.08. The summed E-state index contributed by atoms with van der Waals surface area (Å²) in [6.07, 6.45) is 0. The van der Waals surface area contributed by atoms with Crippen molar-refractivity contribution in [2.24, 2.45) is 10.8 Å². The molecule has 0 saturated heterocycles. The van der Waals surface area contributed by atoms with E-state index < -0.39 is 0 Å². The summed E-state index contributed by atoms with van der Waals surface area (Å²) in [4.78, 5) is 0. The maximum atomic E-state index is 5.59. The summed E-state index contributed by atoms with van der Waals surface area (Å²) < 4.78 is 0. The van der Waals surface area contributed by atoms with Crippen LogP contribution < -0.4 is 11.2 Å². The fraction of sp³-hybridized carbons (Fsp3) is 0.125. The molecule has 0 fully saturated rings. The van der Waals surface area contributed by atoms with Gasteiger partial charge >= 0.3 is 0 Å². The van der Waals surface area contributed by atoms with Crippen molar-refractivity contribution < 1.29 is 0 Å². The predicted molar refractivity (Wildman–Crippen MR) is 61.6 cm³/mol. The third-order valence-electron chi connectivity index (χ3n) is 1.30. The Morgan fingerprint density at radius 3 is 2.42 bits per heavy atom. The highest BCUT2D eigenvalue weighted by Gasteiger charge is 1.93. The number of amidine groups is 1. The van der Waals surface area contributed by atoms with Crippen LogP contribution in [0.1, 0.15) is 5.56 Å². The molecule has 0 radical (unpaired) electrons. The average molecular weight is 277 g/mol. The molecule has 0 aromatic heterocycles. The van der Waals surface area contributed by atoms with Gasteiger partial charge in [-0.05, 0) is 0 Å². The van der Waals surface area contributed by atoms with Crippen molar-refractivity contribution >= 4 is 29.8 Å². The summed E-state index contributed by atoms with van der Waals surface area (Å²) in [6, 6.07) is 9.61. The Morgan fingerprint density at radius 2 is 1.92 bits per heavy atom. The number of nitrogens with one attached hydrogen (secondary N) is 1. The second-order valence-corrected chi connectivity index (χ2v) is 2.09. The van der Waals surface area contributed by atoms with Crippen molar-refractivity contribution in [1.82, 2.24) is 5.43 Å². The molecule has 0 aliphatic rings. The van der Waals surface area contributed by atoms with Crippen molar-refractivity contribution in [1.29, 1.82) is 0 Å². The zero-order valence-corrected chi connectivity index (χ0v) is 9.15. The van der Waals surface area contributed by atoms with E-state index in [9.17, 15) is 0 Å². The van der Waals surface area contributed by atoms with Gasteiger partial charge in [-0.3, -0.25) is 0 Å². The highest BCUT2D eigenvalue weighted by molar-refractivity contribution is 14.0. The first-order valence-electron chi connectivity index (χ1n) is 3.40. The molecule has 0 atom stereocenters. The van der Waals surface area contributed by atoms with Gasteiger partial charge < -0.3 is 11.2 Å². The second-order valence-electron chi connectivity index (χ2n) is 2.09. The number of benzene rings is 1. The lowest BCUT2D eigenvalue weighted by Gasteiger charge is -1.97. The number of rotatable bonds is 2. The number of hydrazone groups is 1. The van der Waals surface area contributed by atoms with E-state index in [2.05, 4.69) is 10.5 Å². The topological polar surface area (TPSA) is 50.4 Å². The van der Waals surface area contributed by atoms with E-state index in [1.54, 1.807) is 7.05 Å². The highest BCUT2D eigenvalue weighted by atomic mass is 127. The monoisotopic (exact) mass is 277 g/mol. The van der Waals surface area contributed by atoms with Gasteiger partial charge in [0.15, 0.2) is 5.84 Å². The summed E-state index contributed by atoms with van der Waals surface area (Å²) in [5, 5.41) is 3.84. The number of nitrogens with two attached hydrogens (primary N) is 1. The largest absolute Gasteiger partial charge is 0.382 e. The zero-order valence-electron chi connectivity index (χ0n) is 6.82. The smallest absolute Gasteiger partial charge is 0.150 e. The summed E-state index contributed by atoms with van der Waals surface area (Å²) in [6.45, 7) is 0. The van der Waals surface area contributed by atoms with Crippen molar-refractivity contribution in [3.05, 3.63) is 35.9 Å². The quantitative estimate of drug-likeness (QED) is 0.369. The molecule has 0 amide bonds. The molecule has 66 valence electrons. The second kappa shape index (κ2) is 5.82. The summed E-state index contributed by atoms with van der Waals surface area (Å²) in [5.41, 5.74) is 9.15. The maximum absolute atomic E-state index is 5.59. The van der Waals surface area contributed by atoms with Crippen LogP contribution in [0.25, 0.3) is 0 Å². The number of hydrogen-bond acceptors (Lipinski definition) is 2. The predicted octanol–water partition coefficient (Wildman–Crippen LogP) is 1.14. The molecule has 0 bridgehead atoms. The third-order valence-corrected chi connectivity index (χ3v) is 1.30. The van der Waals surface area contributed by atoms with Crippen LogP contribution in [0.2, 0.25) is 0 Å². The maximum Gasteiger partial charge on any atom is 0.150 e. The van der Waals surface area contributed by atoms with E-state index in [4.69, 9.17) is 5.73 Å². The van der Waals surface area contributed by atoms with Crippen LogP contribution in [-0.4, -0.2) is 12.9 Å². The molecule has 0 aliphatic heterocycles. The van der Waals surface area contributed by atoms with E-state index in [0.29, 0.717) is 5.84 Å². The minimum Gasteiger partial charge on any atom is -0.382 e. The van der Waals surface area contributed by atoms with Crippen LogP contribution in [0.3, 0.4) is 0 Å². The van der Waals surface area contributed by atoms with Gasteiger partial charge in [-0.2, -0.15) is 5.10 Å². The molecule has 0 aliphatic carbocycles. The van der Waals surface area contributed by atoms with Crippen LogP contribution in [0, 0.1) is 0 Å². The van der Waals surface area contributed by atoms with Crippen molar-refractivity contribution in [2.75, 3.05) is 7.05 Å². The standard InChI is InChI=1S/C8H11N3.HI/c1-10-11-8(9)7-5-3-2-4-6-7;/h2-6,10H,1H3,(H2,9,11);1H. The molecule has 4 heteroatoms. The molecule has 0 unspecified atom stereocenters. The molecule has 3 N–H and O–H groups in total. The van der Waals surface area contributed by atoms with E-state index in [1.807, 2.05) is 30.3 Å². The molecule has 0 spiro atoms. The molecule has 1 aromatic carbocycles. The number of hydrogen-bond donors (Lipinski definition) is 2. The number of halogens is 1. The van der Waals surface area contributed by atoms with Gasteiger partial charge in [0.1, 0.15) is 0 Å². The van der Waals surface area contributed by atoms with Crippen LogP contribution in [0.5, 0.6) is 0 Å². The zero-order chi connectivity index (χ0) is 8.10. The van der Waals surface area contributed by atoms with Crippen molar-refractivity contribution in [3.63, 3.8) is 0 Å². The van der Waals surface area contributed by atoms with Crippen molar-refractivity contribution in [3.8, 4) is 0 Å². The molecular weight excluding hydrogens is 265 g/mol. The van der Waals surface area contributed by atoms with Gasteiger partial charge in [0.2, 0.25) is 0 Å². The lowest BCUT2D eigenvalue weighted by Crippen LogP contribution is -2.16. The van der Waals surface area contributed by atoms with Crippen LogP contribution in [-0.2, 0) is 0 Å². The van der Waals surface area contributed by atoms with E-state index in [-0.39, 0.29) is 24.0 Å². The number of nitrogens with zero attached hydrogens (tertiary/aromatic N) is 1. The summed E-state index contributed by atoms with van der Waals surface area (Å²) >= 11 is 0. The molecular formula is C8H12IN3. The van der Waals surface area contributed by atoms with Gasteiger partial charge in [0.25, 0.3) is 0 Å². The first-order valence-corrected chi connectivity index (χ1v) is 3.40. The fourth-order valence-electron chi connectivity index (χ4n) is 0.794. The Labute approximate surface area is 89.1 Å². The van der Waals surface area contributed by atoms with Crippen LogP contribution >= 0.6 is 24.0 Å². The van der Waals surface area contributed by atoms with E-state index >= 15 is 0 Å². The Balaban J connectivity index is 0.00000121. The lowest BCUT2D eigenvalue weighted by atomic mass is 10.2. The van der Waals surface area contributed by atoms with Gasteiger partial charge in [-0.25, -0.2) is 0 Å². The normalized spacial score (nSPS) is 10.2. The van der Waals surface area contributed by atoms with Crippen molar-refractivity contribution in [2.45, 2.75) is 0 Å². The molecule has 0 heterocycles. The first kappa shape index (κ1) is 11.2. The fourth-order valence-corrected chi connectivity index (χ4v) is 0.794. The molecule has 1 aromatic rings. The Morgan fingerprint density at radius 1 is 1.33 bits per heavy atom. The minimum absolute atomic E-state index is 0. The molecule has 12 heavy (non-hydrogen) atoms. The van der Waals surface area contributed by atoms with Gasteiger partial charge in [0.05, 0.1) is 0 Å². The lowest BCUT2D eigenvalue weighted by molar-refractivity contribution is 0.898. The van der Waals surface area contributed by atoms with Gasteiger partial charge in [-0.1, -0.05) is 30.3 Å². The molecule has 1 rings (SSSR count). The van der Waals surface area contributed by atoms with Crippen LogP contribution in [0.4, 0.5) is 0 Å². The first-order chi connectivity index (χ1) is 5.34. The Kier molecular flexibility index (Phi) is 5.44. The SMILES string of the molecule is CN/N=C(\N)c1ccccc1.I. The van der Waals surface area contributed by atoms with E-state index in [1.165, 1.54) is 0 Å². The molecule has 0 saturated carbocycles. The van der Waals surface area contributed by atoms with Gasteiger partial charge in [-0.15, -0.1) is 24.0 Å². The van der Waals surface area contributed by atoms with E-state index in [0.717, 1.165) is 5.56 Å². The summed E-state index contributed by atoms with van der Waals surface area (Å²) in [7, 11) is 1.72.